The first kappa shape index (κ1) is 18.5. The molecule has 0 aliphatic heterocycles. The van der Waals surface area contributed by atoms with Gasteiger partial charge >= 0.3 is 6.03 Å². The van der Waals surface area contributed by atoms with Crippen LogP contribution in [0, 0.1) is 0 Å². The molecule has 0 aliphatic carbocycles. The third-order valence-corrected chi connectivity index (χ3v) is 4.43. The van der Waals surface area contributed by atoms with Crippen molar-refractivity contribution >= 4 is 50.2 Å². The van der Waals surface area contributed by atoms with Crippen molar-refractivity contribution in [2.24, 2.45) is 0 Å². The van der Waals surface area contributed by atoms with E-state index in [2.05, 4.69) is 31.5 Å². The summed E-state index contributed by atoms with van der Waals surface area (Å²) in [6.07, 6.45) is 2.36. The second-order valence-electron chi connectivity index (χ2n) is 5.54. The summed E-state index contributed by atoms with van der Waals surface area (Å²) in [5.41, 5.74) is 1.44. The summed E-state index contributed by atoms with van der Waals surface area (Å²) in [6.45, 7) is 0.940. The van der Waals surface area contributed by atoms with Gasteiger partial charge in [0.2, 0.25) is 0 Å². The maximum Gasteiger partial charge on any atom is 0.319 e. The minimum atomic E-state index is -0.273. The molecule has 0 bridgehead atoms. The molecule has 7 heteroatoms. The summed E-state index contributed by atoms with van der Waals surface area (Å²) >= 11 is 9.44. The molecule has 0 radical (unpaired) electrons. The van der Waals surface area contributed by atoms with Crippen LogP contribution in [0.2, 0.25) is 5.02 Å². The van der Waals surface area contributed by atoms with Gasteiger partial charge in [0.1, 0.15) is 5.75 Å². The molecule has 134 valence electrons. The van der Waals surface area contributed by atoms with Crippen LogP contribution >= 0.6 is 27.5 Å². The molecule has 1 heterocycles. The topological polar surface area (TPSA) is 63.2 Å². The second kappa shape index (κ2) is 8.87. The molecular formula is C19H17BrClN3O2. The van der Waals surface area contributed by atoms with E-state index >= 15 is 0 Å². The van der Waals surface area contributed by atoms with Gasteiger partial charge in [0.05, 0.1) is 22.8 Å². The van der Waals surface area contributed by atoms with Gasteiger partial charge in [0.15, 0.2) is 0 Å². The molecule has 0 fully saturated rings. The summed E-state index contributed by atoms with van der Waals surface area (Å²) in [5, 5.41) is 7.16. The van der Waals surface area contributed by atoms with Gasteiger partial charge in [-0.15, -0.1) is 0 Å². The molecule has 1 aromatic heterocycles. The van der Waals surface area contributed by atoms with E-state index in [1.165, 1.54) is 0 Å². The van der Waals surface area contributed by atoms with Crippen LogP contribution < -0.4 is 15.4 Å². The quantitative estimate of drug-likeness (QED) is 0.521. The number of nitrogens with zero attached hydrogens (tertiary/aromatic N) is 1. The number of ether oxygens (including phenoxy) is 1. The number of aromatic nitrogens is 1. The lowest BCUT2D eigenvalue weighted by molar-refractivity contribution is 0.250. The number of fused-ring (bicyclic) bond motifs is 1. The highest BCUT2D eigenvalue weighted by molar-refractivity contribution is 9.10. The maximum absolute atomic E-state index is 12.1. The fourth-order valence-electron chi connectivity index (χ4n) is 2.42. The number of amides is 2. The summed E-state index contributed by atoms with van der Waals surface area (Å²) < 4.78 is 6.51. The monoisotopic (exact) mass is 433 g/mol. The maximum atomic E-state index is 12.1. The highest BCUT2D eigenvalue weighted by Gasteiger charge is 2.06. The lowest BCUT2D eigenvalue weighted by Gasteiger charge is -2.10. The van der Waals surface area contributed by atoms with Gasteiger partial charge < -0.3 is 15.4 Å². The van der Waals surface area contributed by atoms with Crippen LogP contribution in [0.1, 0.15) is 6.42 Å². The lowest BCUT2D eigenvalue weighted by Crippen LogP contribution is -2.30. The van der Waals surface area contributed by atoms with Gasteiger partial charge in [0.25, 0.3) is 0 Å². The van der Waals surface area contributed by atoms with E-state index in [-0.39, 0.29) is 6.03 Å². The van der Waals surface area contributed by atoms with E-state index in [0.29, 0.717) is 36.0 Å². The van der Waals surface area contributed by atoms with Gasteiger partial charge in [-0.05, 0) is 36.8 Å². The SMILES string of the molecule is O=C(NCCCOc1ccc(Br)cc1Cl)Nc1cccc2cccnc12. The van der Waals surface area contributed by atoms with Crippen molar-refractivity contribution in [1.82, 2.24) is 10.3 Å². The molecule has 0 unspecified atom stereocenters. The number of para-hydroxylation sites is 1. The minimum absolute atomic E-state index is 0.273. The molecule has 26 heavy (non-hydrogen) atoms. The molecule has 0 spiro atoms. The summed E-state index contributed by atoms with van der Waals surface area (Å²) in [7, 11) is 0. The Labute approximate surface area is 164 Å². The van der Waals surface area contributed by atoms with Crippen molar-refractivity contribution in [3.8, 4) is 5.75 Å². The fourth-order valence-corrected chi connectivity index (χ4v) is 3.15. The molecule has 3 rings (SSSR count). The molecule has 0 atom stereocenters. The first-order valence-electron chi connectivity index (χ1n) is 8.10. The van der Waals surface area contributed by atoms with E-state index in [9.17, 15) is 4.79 Å². The largest absolute Gasteiger partial charge is 0.492 e. The Hall–Kier alpha value is -2.31. The molecule has 0 aliphatic rings. The zero-order valence-electron chi connectivity index (χ0n) is 13.8. The van der Waals surface area contributed by atoms with E-state index in [1.54, 1.807) is 18.3 Å². The van der Waals surface area contributed by atoms with Crippen molar-refractivity contribution < 1.29 is 9.53 Å². The van der Waals surface area contributed by atoms with Crippen molar-refractivity contribution in [2.45, 2.75) is 6.42 Å². The van der Waals surface area contributed by atoms with E-state index < -0.39 is 0 Å². The number of urea groups is 1. The molecule has 2 amide bonds. The predicted molar refractivity (Wildman–Crippen MR) is 108 cm³/mol. The first-order valence-corrected chi connectivity index (χ1v) is 9.27. The number of hydrogen-bond acceptors (Lipinski definition) is 3. The molecular weight excluding hydrogens is 418 g/mol. The third-order valence-electron chi connectivity index (χ3n) is 3.64. The van der Waals surface area contributed by atoms with Crippen LogP contribution in [0.4, 0.5) is 10.5 Å². The highest BCUT2D eigenvalue weighted by atomic mass is 79.9. The van der Waals surface area contributed by atoms with Crippen LogP contribution in [0.15, 0.2) is 59.2 Å². The number of hydrogen-bond donors (Lipinski definition) is 2. The zero-order valence-corrected chi connectivity index (χ0v) is 16.2. The Bertz CT molecular complexity index is 915. The fraction of sp³-hybridized carbons (Fsp3) is 0.158. The second-order valence-corrected chi connectivity index (χ2v) is 6.86. The van der Waals surface area contributed by atoms with E-state index in [1.807, 2.05) is 36.4 Å². The van der Waals surface area contributed by atoms with Gasteiger partial charge in [-0.3, -0.25) is 4.98 Å². The molecule has 2 aromatic carbocycles. The van der Waals surface area contributed by atoms with Crippen LogP contribution in [0.3, 0.4) is 0 Å². The van der Waals surface area contributed by atoms with E-state index in [4.69, 9.17) is 16.3 Å². The summed E-state index contributed by atoms with van der Waals surface area (Å²) in [6, 6.07) is 14.7. The zero-order chi connectivity index (χ0) is 18.4. The molecule has 3 aromatic rings. The molecule has 5 nitrogen and oxygen atoms in total. The molecule has 0 saturated heterocycles. The highest BCUT2D eigenvalue weighted by Crippen LogP contribution is 2.27. The smallest absolute Gasteiger partial charge is 0.319 e. The van der Waals surface area contributed by atoms with Crippen LogP contribution in [-0.4, -0.2) is 24.2 Å². The predicted octanol–water partition coefficient (Wildman–Crippen LogP) is 5.24. The Morgan fingerprint density at radius 2 is 2.04 bits per heavy atom. The average molecular weight is 435 g/mol. The van der Waals surface area contributed by atoms with Crippen LogP contribution in [0.5, 0.6) is 5.75 Å². The number of nitrogens with one attached hydrogen (secondary N) is 2. The number of rotatable bonds is 6. The minimum Gasteiger partial charge on any atom is -0.492 e. The third kappa shape index (κ3) is 4.86. The number of halogens is 2. The number of pyridine rings is 1. The van der Waals surface area contributed by atoms with Crippen molar-refractivity contribution in [3.05, 3.63) is 64.2 Å². The van der Waals surface area contributed by atoms with Crippen LogP contribution in [0.25, 0.3) is 10.9 Å². The number of carbonyl (C=O) groups excluding carboxylic acids is 1. The van der Waals surface area contributed by atoms with Gasteiger partial charge in [-0.2, -0.15) is 0 Å². The average Bonchev–Trinajstić information content (AvgIpc) is 2.63. The number of anilines is 1. The molecule has 2 N–H and O–H groups in total. The van der Waals surface area contributed by atoms with Crippen LogP contribution in [-0.2, 0) is 0 Å². The number of carbonyl (C=O) groups is 1. The Kier molecular flexibility index (Phi) is 6.30. The summed E-state index contributed by atoms with van der Waals surface area (Å²) in [4.78, 5) is 16.4. The molecule has 0 saturated carbocycles. The normalized spacial score (nSPS) is 10.5. The van der Waals surface area contributed by atoms with Crippen molar-refractivity contribution in [2.75, 3.05) is 18.5 Å². The first-order chi connectivity index (χ1) is 12.6. The van der Waals surface area contributed by atoms with Gasteiger partial charge in [-0.25, -0.2) is 4.79 Å². The summed E-state index contributed by atoms with van der Waals surface area (Å²) in [5.74, 6) is 0.626. The Morgan fingerprint density at radius 1 is 1.19 bits per heavy atom. The standard InChI is InChI=1S/C19H17BrClN3O2/c20-14-7-8-17(15(21)12-14)26-11-3-10-23-19(25)24-16-6-1-4-13-5-2-9-22-18(13)16/h1-2,4-9,12H,3,10-11H2,(H2,23,24,25). The number of benzene rings is 2. The van der Waals surface area contributed by atoms with Crippen molar-refractivity contribution in [1.29, 1.82) is 0 Å². The Balaban J connectivity index is 1.44. The van der Waals surface area contributed by atoms with E-state index in [0.717, 1.165) is 15.4 Å². The van der Waals surface area contributed by atoms with Crippen molar-refractivity contribution in [3.63, 3.8) is 0 Å². The van der Waals surface area contributed by atoms with Gasteiger partial charge in [0, 0.05) is 22.6 Å². The lowest BCUT2D eigenvalue weighted by atomic mass is 10.2. The Morgan fingerprint density at radius 3 is 2.88 bits per heavy atom. The van der Waals surface area contributed by atoms with Gasteiger partial charge in [-0.1, -0.05) is 45.7 Å².